The van der Waals surface area contributed by atoms with Crippen molar-refractivity contribution in [2.24, 2.45) is 0 Å². The van der Waals surface area contributed by atoms with Crippen LogP contribution in [0.4, 0.5) is 0 Å². The quantitative estimate of drug-likeness (QED) is 0.0243. The zero-order valence-corrected chi connectivity index (χ0v) is 53.9. The first-order valence-corrected chi connectivity index (χ1v) is 35.1. The molecule has 0 saturated heterocycles. The highest BCUT2D eigenvalue weighted by Gasteiger charge is 2.28. The lowest BCUT2D eigenvalue weighted by molar-refractivity contribution is -0.870. The predicted molar refractivity (Wildman–Crippen MR) is 350 cm³/mol. The van der Waals surface area contributed by atoms with Crippen molar-refractivity contribution >= 4 is 13.7 Å². The molecule has 0 spiro atoms. The van der Waals surface area contributed by atoms with Gasteiger partial charge in [0.2, 0.25) is 5.91 Å². The SMILES string of the molecule is CC/C=C\C/C=C\C/C=C\C/C=C\C/C=C\C/C=C\C/C=C\C/C=C\CCCCCCCCCCCCCCCCCCC(=O)NC(COP(=O)(O)OCC[N+](C)(C)C)C(O)CCCCCCCCCCCCCCCCCCC. The molecule has 0 aromatic rings. The van der Waals surface area contributed by atoms with Crippen LogP contribution in [0, 0.1) is 0 Å². The molecule has 0 heterocycles. The number of phosphoric acid groups is 1. The van der Waals surface area contributed by atoms with E-state index in [1.165, 1.54) is 180 Å². The van der Waals surface area contributed by atoms with E-state index in [9.17, 15) is 19.4 Å². The summed E-state index contributed by atoms with van der Waals surface area (Å²) in [6.45, 7) is 4.80. The van der Waals surface area contributed by atoms with E-state index in [2.05, 4.69) is 116 Å². The molecule has 0 fully saturated rings. The number of aliphatic hydroxyl groups is 1. The van der Waals surface area contributed by atoms with Crippen LogP contribution >= 0.6 is 7.82 Å². The van der Waals surface area contributed by atoms with Gasteiger partial charge in [0, 0.05) is 6.42 Å². The minimum atomic E-state index is -4.33. The number of unbranched alkanes of at least 4 members (excludes halogenated alkanes) is 32. The van der Waals surface area contributed by atoms with E-state index in [0.717, 1.165) is 89.9 Å². The molecule has 1 amide bonds. The Hall–Kier alpha value is -2.58. The Morgan fingerprint density at radius 3 is 1.10 bits per heavy atom. The number of carbonyl (C=O) groups is 1. The molecule has 8 nitrogen and oxygen atoms in total. The third-order valence-corrected chi connectivity index (χ3v) is 15.8. The Morgan fingerprint density at radius 2 is 0.750 bits per heavy atom. The van der Waals surface area contributed by atoms with Gasteiger partial charge in [-0.2, -0.15) is 0 Å². The Kier molecular flexibility index (Phi) is 59.0. The molecule has 0 rings (SSSR count). The smallest absolute Gasteiger partial charge is 0.391 e. The third kappa shape index (κ3) is 63.0. The Labute approximate surface area is 496 Å². The standard InChI is InChI=1S/C71H129N2O6P/c1-6-8-10-12-14-16-18-20-22-24-25-26-27-28-29-30-31-32-33-34-35-36-37-38-39-40-41-42-43-44-45-46-47-49-51-53-55-57-59-61-63-65-71(75)72-69(68-79-80(76,77)78-67-66-73(3,4)5)70(74)64-62-60-58-56-54-52-50-48-23-21-19-17-15-13-11-9-7-2/h8,10,14,16,20,22,25-26,28-29,31-32,34-35,37-38,69-70,74H,6-7,9,11-13,15,17-19,21,23-24,27,30,33,36,39-68H2,1-5H3,(H-,72,75,76,77)/p+1/b10-8-,16-14-,22-20-,26-25-,29-28-,32-31-,35-34-,38-37-. The van der Waals surface area contributed by atoms with Gasteiger partial charge in [-0.3, -0.25) is 13.8 Å². The van der Waals surface area contributed by atoms with Crippen molar-refractivity contribution in [1.82, 2.24) is 5.32 Å². The van der Waals surface area contributed by atoms with Gasteiger partial charge in [0.1, 0.15) is 13.2 Å². The van der Waals surface area contributed by atoms with Crippen molar-refractivity contribution in [1.29, 1.82) is 0 Å². The van der Waals surface area contributed by atoms with E-state index in [1.54, 1.807) is 0 Å². The van der Waals surface area contributed by atoms with E-state index < -0.39 is 20.0 Å². The summed E-state index contributed by atoms with van der Waals surface area (Å²) >= 11 is 0. The number of hydrogen-bond acceptors (Lipinski definition) is 5. The predicted octanol–water partition coefficient (Wildman–Crippen LogP) is 21.3. The number of hydrogen-bond donors (Lipinski definition) is 3. The van der Waals surface area contributed by atoms with E-state index in [1.807, 2.05) is 21.1 Å². The number of likely N-dealkylation sites (N-methyl/N-ethyl adjacent to an activating group) is 1. The Bertz CT molecular complexity index is 1620. The van der Waals surface area contributed by atoms with Crippen LogP contribution in [0.25, 0.3) is 0 Å². The Morgan fingerprint density at radius 1 is 0.438 bits per heavy atom. The first kappa shape index (κ1) is 77.4. The number of quaternary nitrogens is 1. The number of allylic oxidation sites excluding steroid dienone is 16. The van der Waals surface area contributed by atoms with Gasteiger partial charge in [0.05, 0.1) is 39.9 Å². The number of rotatable bonds is 61. The molecule has 80 heavy (non-hydrogen) atoms. The van der Waals surface area contributed by atoms with Gasteiger partial charge in [-0.05, 0) is 77.0 Å². The van der Waals surface area contributed by atoms with Crippen LogP contribution in [-0.4, -0.2) is 73.4 Å². The molecule has 0 bridgehead atoms. The molecule has 0 radical (unpaired) electrons. The van der Waals surface area contributed by atoms with Gasteiger partial charge in [0.15, 0.2) is 0 Å². The van der Waals surface area contributed by atoms with Crippen LogP contribution in [0.5, 0.6) is 0 Å². The monoisotopic (exact) mass is 1140 g/mol. The van der Waals surface area contributed by atoms with Crippen molar-refractivity contribution in [3.8, 4) is 0 Å². The first-order chi connectivity index (χ1) is 39.0. The zero-order valence-electron chi connectivity index (χ0n) is 53.0. The molecule has 464 valence electrons. The second kappa shape index (κ2) is 61.0. The van der Waals surface area contributed by atoms with Crippen molar-refractivity contribution in [2.45, 2.75) is 309 Å². The summed E-state index contributed by atoms with van der Waals surface area (Å²) in [5.41, 5.74) is 0. The second-order valence-corrected chi connectivity index (χ2v) is 25.3. The highest BCUT2D eigenvalue weighted by molar-refractivity contribution is 7.47. The van der Waals surface area contributed by atoms with Crippen molar-refractivity contribution < 1.29 is 32.9 Å². The first-order valence-electron chi connectivity index (χ1n) is 33.6. The van der Waals surface area contributed by atoms with Crippen LogP contribution in [0.2, 0.25) is 0 Å². The normalized spacial score (nSPS) is 14.3. The topological polar surface area (TPSA) is 105 Å². The molecule has 0 aliphatic carbocycles. The molecule has 3 atom stereocenters. The van der Waals surface area contributed by atoms with Gasteiger partial charge in [0.25, 0.3) is 0 Å². The number of nitrogens with one attached hydrogen (secondary N) is 1. The van der Waals surface area contributed by atoms with E-state index in [-0.39, 0.29) is 19.1 Å². The van der Waals surface area contributed by atoms with Gasteiger partial charge < -0.3 is 19.8 Å². The zero-order chi connectivity index (χ0) is 58.4. The third-order valence-electron chi connectivity index (χ3n) is 14.8. The maximum absolute atomic E-state index is 13.0. The average molecular weight is 1140 g/mol. The number of carbonyl (C=O) groups excluding carboxylic acids is 1. The number of aliphatic hydroxyl groups excluding tert-OH is 1. The van der Waals surface area contributed by atoms with Crippen molar-refractivity contribution in [3.63, 3.8) is 0 Å². The number of nitrogens with zero attached hydrogens (tertiary/aromatic N) is 1. The molecule has 0 aromatic carbocycles. The molecule has 3 N–H and O–H groups in total. The summed E-state index contributed by atoms with van der Waals surface area (Å²) in [6.07, 6.45) is 87.8. The molecule has 0 aromatic heterocycles. The summed E-state index contributed by atoms with van der Waals surface area (Å²) in [5, 5.41) is 14.1. The fourth-order valence-corrected chi connectivity index (χ4v) is 10.4. The van der Waals surface area contributed by atoms with Gasteiger partial charge in [-0.25, -0.2) is 4.57 Å². The molecule has 0 saturated carbocycles. The average Bonchev–Trinajstić information content (AvgIpc) is 3.42. The summed E-state index contributed by atoms with van der Waals surface area (Å²) in [6, 6.07) is -0.764. The van der Waals surface area contributed by atoms with Crippen LogP contribution in [0.1, 0.15) is 296 Å². The molecule has 9 heteroatoms. The highest BCUT2D eigenvalue weighted by atomic mass is 31.2. The lowest BCUT2D eigenvalue weighted by atomic mass is 10.0. The van der Waals surface area contributed by atoms with Crippen LogP contribution < -0.4 is 5.32 Å². The van der Waals surface area contributed by atoms with Crippen LogP contribution in [0.3, 0.4) is 0 Å². The summed E-state index contributed by atoms with van der Waals surface area (Å²) in [4.78, 5) is 23.4. The van der Waals surface area contributed by atoms with E-state index >= 15 is 0 Å². The lowest BCUT2D eigenvalue weighted by Crippen LogP contribution is -2.46. The van der Waals surface area contributed by atoms with E-state index in [4.69, 9.17) is 9.05 Å². The Balaban J connectivity index is 3.98. The largest absolute Gasteiger partial charge is 0.472 e. The lowest BCUT2D eigenvalue weighted by Gasteiger charge is -2.26. The van der Waals surface area contributed by atoms with Crippen molar-refractivity contribution in [3.05, 3.63) is 97.2 Å². The minimum Gasteiger partial charge on any atom is -0.391 e. The summed E-state index contributed by atoms with van der Waals surface area (Å²) in [5.74, 6) is -0.144. The van der Waals surface area contributed by atoms with Crippen molar-refractivity contribution in [2.75, 3.05) is 40.9 Å². The minimum absolute atomic E-state index is 0.0731. The van der Waals surface area contributed by atoms with Crippen LogP contribution in [0.15, 0.2) is 97.2 Å². The second-order valence-electron chi connectivity index (χ2n) is 23.8. The molecule has 0 aliphatic heterocycles. The van der Waals surface area contributed by atoms with Gasteiger partial charge in [-0.15, -0.1) is 0 Å². The van der Waals surface area contributed by atoms with E-state index in [0.29, 0.717) is 23.9 Å². The van der Waals surface area contributed by atoms with Gasteiger partial charge in [-0.1, -0.05) is 310 Å². The fraction of sp³-hybridized carbons (Fsp3) is 0.761. The maximum Gasteiger partial charge on any atom is 0.472 e. The summed E-state index contributed by atoms with van der Waals surface area (Å²) in [7, 11) is 1.62. The molecular formula is C71H130N2O6P+. The summed E-state index contributed by atoms with van der Waals surface area (Å²) < 4.78 is 23.8. The number of phosphoric ester groups is 1. The van der Waals surface area contributed by atoms with Crippen LogP contribution in [-0.2, 0) is 18.4 Å². The molecule has 0 aliphatic rings. The number of amides is 1. The molecule has 3 unspecified atom stereocenters. The van der Waals surface area contributed by atoms with Gasteiger partial charge >= 0.3 is 7.82 Å². The maximum atomic E-state index is 13.0. The molecular weight excluding hydrogens is 1010 g/mol. The fourth-order valence-electron chi connectivity index (χ4n) is 9.65. The highest BCUT2D eigenvalue weighted by Crippen LogP contribution is 2.43.